The quantitative estimate of drug-likeness (QED) is 0.827. The zero-order chi connectivity index (χ0) is 13.7. The second-order valence-electron chi connectivity index (χ2n) is 6.41. The maximum absolute atomic E-state index is 10.6. The predicted molar refractivity (Wildman–Crippen MR) is 76.3 cm³/mol. The van der Waals surface area contributed by atoms with Gasteiger partial charge >= 0.3 is 5.97 Å². The molecule has 0 aromatic rings. The van der Waals surface area contributed by atoms with Gasteiger partial charge in [0.25, 0.3) is 0 Å². The first-order chi connectivity index (χ1) is 9.13. The minimum atomic E-state index is -0.682. The molecule has 0 atom stereocenters. The molecule has 0 amide bonds. The largest absolute Gasteiger partial charge is 0.481 e. The highest BCUT2D eigenvalue weighted by Crippen LogP contribution is 2.28. The molecule has 110 valence electrons. The number of nitrogens with zero attached hydrogens (tertiary/aromatic N) is 2. The Morgan fingerprint density at radius 2 is 1.63 bits per heavy atom. The van der Waals surface area contributed by atoms with Gasteiger partial charge < -0.3 is 14.9 Å². The number of carbonyl (C=O) groups is 1. The Morgan fingerprint density at radius 1 is 1.05 bits per heavy atom. The molecule has 2 fully saturated rings. The molecule has 1 saturated heterocycles. The van der Waals surface area contributed by atoms with Crippen LogP contribution in [0.4, 0.5) is 0 Å². The molecular weight excluding hydrogens is 240 g/mol. The van der Waals surface area contributed by atoms with E-state index in [0.29, 0.717) is 6.54 Å². The van der Waals surface area contributed by atoms with Crippen LogP contribution in [0.1, 0.15) is 39.0 Å². The third-order valence-electron chi connectivity index (χ3n) is 4.76. The number of aliphatic carboxylic acids is 1. The molecule has 0 radical (unpaired) electrons. The average Bonchev–Trinajstić information content (AvgIpc) is 2.40. The lowest BCUT2D eigenvalue weighted by atomic mass is 9.83. The summed E-state index contributed by atoms with van der Waals surface area (Å²) in [6.07, 6.45) is 5.90. The van der Waals surface area contributed by atoms with Crippen LogP contribution in [0, 0.1) is 11.8 Å². The Hall–Kier alpha value is -0.610. The fourth-order valence-electron chi connectivity index (χ4n) is 3.33. The third kappa shape index (κ3) is 5.11. The van der Waals surface area contributed by atoms with Gasteiger partial charge in [0.2, 0.25) is 0 Å². The van der Waals surface area contributed by atoms with Crippen molar-refractivity contribution >= 4 is 5.97 Å². The van der Waals surface area contributed by atoms with Crippen LogP contribution in [-0.2, 0) is 4.79 Å². The molecule has 0 bridgehead atoms. The second kappa shape index (κ2) is 7.25. The van der Waals surface area contributed by atoms with Crippen LogP contribution in [0.2, 0.25) is 0 Å². The van der Waals surface area contributed by atoms with Crippen molar-refractivity contribution < 1.29 is 9.90 Å². The molecule has 0 spiro atoms. The maximum Gasteiger partial charge on any atom is 0.304 e. The van der Waals surface area contributed by atoms with E-state index >= 15 is 0 Å². The Morgan fingerprint density at radius 3 is 2.21 bits per heavy atom. The average molecular weight is 268 g/mol. The van der Waals surface area contributed by atoms with E-state index in [1.807, 2.05) is 0 Å². The van der Waals surface area contributed by atoms with Crippen LogP contribution in [0.25, 0.3) is 0 Å². The molecule has 2 rings (SSSR count). The molecule has 1 aliphatic carbocycles. The molecule has 1 heterocycles. The van der Waals surface area contributed by atoms with Gasteiger partial charge in [0.05, 0.1) is 6.42 Å². The van der Waals surface area contributed by atoms with Crippen LogP contribution in [-0.4, -0.2) is 60.1 Å². The fraction of sp³-hybridized carbons (Fsp3) is 0.933. The Bertz CT molecular complexity index is 280. The van der Waals surface area contributed by atoms with E-state index in [2.05, 4.69) is 16.7 Å². The van der Waals surface area contributed by atoms with E-state index in [9.17, 15) is 4.79 Å². The molecule has 0 aromatic heterocycles. The third-order valence-corrected chi connectivity index (χ3v) is 4.76. The molecule has 2 aliphatic rings. The zero-order valence-corrected chi connectivity index (χ0v) is 12.2. The number of carboxylic acid groups (broad SMARTS) is 1. The van der Waals surface area contributed by atoms with Crippen LogP contribution < -0.4 is 0 Å². The summed E-state index contributed by atoms with van der Waals surface area (Å²) in [4.78, 5) is 15.4. The molecule has 19 heavy (non-hydrogen) atoms. The van der Waals surface area contributed by atoms with Crippen molar-refractivity contribution in [2.75, 3.05) is 39.3 Å². The zero-order valence-electron chi connectivity index (χ0n) is 12.2. The molecule has 0 aromatic carbocycles. The van der Waals surface area contributed by atoms with Gasteiger partial charge in [-0.15, -0.1) is 0 Å². The summed E-state index contributed by atoms with van der Waals surface area (Å²) < 4.78 is 0. The predicted octanol–water partition coefficient (Wildman–Crippen LogP) is 1.91. The smallest absolute Gasteiger partial charge is 0.304 e. The molecule has 1 aliphatic heterocycles. The summed E-state index contributed by atoms with van der Waals surface area (Å²) in [6, 6.07) is 0. The van der Waals surface area contributed by atoms with Crippen molar-refractivity contribution in [3.8, 4) is 0 Å². The van der Waals surface area contributed by atoms with Crippen LogP contribution in [0.5, 0.6) is 0 Å². The Labute approximate surface area is 116 Å². The molecule has 1 N–H and O–H groups in total. The summed E-state index contributed by atoms with van der Waals surface area (Å²) in [5.41, 5.74) is 0. The van der Waals surface area contributed by atoms with Crippen LogP contribution >= 0.6 is 0 Å². The van der Waals surface area contributed by atoms with Crippen molar-refractivity contribution in [2.45, 2.75) is 39.0 Å². The number of hydrogen-bond acceptors (Lipinski definition) is 3. The number of hydrogen-bond donors (Lipinski definition) is 1. The van der Waals surface area contributed by atoms with Crippen molar-refractivity contribution in [2.24, 2.45) is 11.8 Å². The highest BCUT2D eigenvalue weighted by atomic mass is 16.4. The van der Waals surface area contributed by atoms with Gasteiger partial charge in [-0.05, 0) is 24.7 Å². The SMILES string of the molecule is CC1CCC(CN2CCN(CCC(=O)O)CC2)CC1. The molecule has 1 saturated carbocycles. The monoisotopic (exact) mass is 268 g/mol. The standard InChI is InChI=1S/C15H28N2O2/c1-13-2-4-14(5-3-13)12-17-10-8-16(9-11-17)7-6-15(18)19/h13-14H,2-12H2,1H3,(H,18,19). The number of piperazine rings is 1. The number of rotatable bonds is 5. The van der Waals surface area contributed by atoms with E-state index in [1.165, 1.54) is 32.2 Å². The maximum atomic E-state index is 10.6. The summed E-state index contributed by atoms with van der Waals surface area (Å²) >= 11 is 0. The Balaban J connectivity index is 1.62. The summed E-state index contributed by atoms with van der Waals surface area (Å²) in [6.45, 7) is 8.66. The van der Waals surface area contributed by atoms with Crippen LogP contribution in [0.3, 0.4) is 0 Å². The minimum absolute atomic E-state index is 0.278. The van der Waals surface area contributed by atoms with E-state index in [-0.39, 0.29) is 6.42 Å². The lowest BCUT2D eigenvalue weighted by Crippen LogP contribution is -2.48. The second-order valence-corrected chi connectivity index (χ2v) is 6.41. The van der Waals surface area contributed by atoms with Gasteiger partial charge in [0, 0.05) is 39.3 Å². The lowest BCUT2D eigenvalue weighted by Gasteiger charge is -2.37. The summed E-state index contributed by atoms with van der Waals surface area (Å²) in [7, 11) is 0. The number of carboxylic acids is 1. The van der Waals surface area contributed by atoms with E-state index in [4.69, 9.17) is 5.11 Å². The molecule has 0 unspecified atom stereocenters. The molecule has 4 heteroatoms. The van der Waals surface area contributed by atoms with Crippen molar-refractivity contribution in [1.82, 2.24) is 9.80 Å². The fourth-order valence-corrected chi connectivity index (χ4v) is 3.33. The summed E-state index contributed by atoms with van der Waals surface area (Å²) in [5.74, 6) is 1.16. The van der Waals surface area contributed by atoms with Crippen molar-refractivity contribution in [1.29, 1.82) is 0 Å². The van der Waals surface area contributed by atoms with E-state index in [0.717, 1.165) is 38.0 Å². The Kier molecular flexibility index (Phi) is 5.64. The van der Waals surface area contributed by atoms with E-state index < -0.39 is 5.97 Å². The van der Waals surface area contributed by atoms with Crippen LogP contribution in [0.15, 0.2) is 0 Å². The highest BCUT2D eigenvalue weighted by Gasteiger charge is 2.23. The first-order valence-corrected chi connectivity index (χ1v) is 7.80. The van der Waals surface area contributed by atoms with Crippen molar-refractivity contribution in [3.63, 3.8) is 0 Å². The summed E-state index contributed by atoms with van der Waals surface area (Å²) in [5, 5.41) is 8.70. The van der Waals surface area contributed by atoms with Gasteiger partial charge in [-0.3, -0.25) is 4.79 Å². The highest BCUT2D eigenvalue weighted by molar-refractivity contribution is 5.66. The van der Waals surface area contributed by atoms with Crippen molar-refractivity contribution in [3.05, 3.63) is 0 Å². The topological polar surface area (TPSA) is 43.8 Å². The van der Waals surface area contributed by atoms with Gasteiger partial charge in [-0.1, -0.05) is 19.8 Å². The minimum Gasteiger partial charge on any atom is -0.481 e. The van der Waals surface area contributed by atoms with Gasteiger partial charge in [-0.2, -0.15) is 0 Å². The molecule has 4 nitrogen and oxygen atoms in total. The normalized spacial score (nSPS) is 30.4. The van der Waals surface area contributed by atoms with Gasteiger partial charge in [-0.25, -0.2) is 0 Å². The first kappa shape index (κ1) is 14.8. The van der Waals surface area contributed by atoms with Gasteiger partial charge in [0.1, 0.15) is 0 Å². The van der Waals surface area contributed by atoms with E-state index in [1.54, 1.807) is 0 Å². The first-order valence-electron chi connectivity index (χ1n) is 7.80. The van der Waals surface area contributed by atoms with Gasteiger partial charge in [0.15, 0.2) is 0 Å². The lowest BCUT2D eigenvalue weighted by molar-refractivity contribution is -0.137. The molecular formula is C15H28N2O2.